The van der Waals surface area contributed by atoms with Gasteiger partial charge < -0.3 is 0 Å². The van der Waals surface area contributed by atoms with Crippen LogP contribution in [0.25, 0.3) is 0 Å². The van der Waals surface area contributed by atoms with E-state index in [0.29, 0.717) is 7.92 Å². The van der Waals surface area contributed by atoms with Gasteiger partial charge in [0.05, 0.1) is 0 Å². The highest BCUT2D eigenvalue weighted by Gasteiger charge is 2.79. The molecule has 1 saturated heterocycles. The van der Waals surface area contributed by atoms with Crippen LogP contribution in [0.1, 0.15) is 52.9 Å². The molecule has 1 aliphatic heterocycles. The van der Waals surface area contributed by atoms with Crippen LogP contribution in [0.5, 0.6) is 0 Å². The first-order chi connectivity index (χ1) is 6.11. The van der Waals surface area contributed by atoms with E-state index in [-0.39, 0.29) is 0 Å². The summed E-state index contributed by atoms with van der Waals surface area (Å²) >= 11 is 0. The minimum Gasteiger partial charge on any atom is -0.0936 e. The van der Waals surface area contributed by atoms with Gasteiger partial charge in [-0.1, -0.05) is 35.1 Å². The van der Waals surface area contributed by atoms with Gasteiger partial charge in [0.15, 0.2) is 0 Å². The van der Waals surface area contributed by atoms with Crippen molar-refractivity contribution in [2.45, 2.75) is 63.2 Å². The molecule has 0 nitrogen and oxygen atoms in total. The van der Waals surface area contributed by atoms with E-state index in [1.54, 1.807) is 25.7 Å². The lowest BCUT2D eigenvalue weighted by molar-refractivity contribution is 0.00715. The zero-order chi connectivity index (χ0) is 9.32. The first-order valence-electron chi connectivity index (χ1n) is 5.88. The highest BCUT2D eigenvalue weighted by Crippen LogP contribution is 2.93. The molecule has 2 saturated carbocycles. The normalized spacial score (nSPS) is 63.5. The molecule has 0 radical (unpaired) electrons. The summed E-state index contributed by atoms with van der Waals surface area (Å²) in [5, 5.41) is 1.66. The van der Waals surface area contributed by atoms with E-state index in [0.717, 1.165) is 15.7 Å². The Morgan fingerprint density at radius 3 is 2.23 bits per heavy atom. The van der Waals surface area contributed by atoms with Crippen molar-refractivity contribution in [2.24, 2.45) is 5.41 Å². The van der Waals surface area contributed by atoms with Gasteiger partial charge in [0.2, 0.25) is 0 Å². The molecule has 4 atom stereocenters. The molecule has 0 aromatic carbocycles. The summed E-state index contributed by atoms with van der Waals surface area (Å²) in [4.78, 5) is 0. The third-order valence-corrected chi connectivity index (χ3v) is 10.2. The molecule has 1 heterocycles. The van der Waals surface area contributed by atoms with Crippen LogP contribution >= 0.6 is 7.92 Å². The Morgan fingerprint density at radius 1 is 1.00 bits per heavy atom. The van der Waals surface area contributed by atoms with Crippen LogP contribution in [0.15, 0.2) is 0 Å². The second-order valence-corrected chi connectivity index (χ2v) is 9.19. The second-order valence-electron chi connectivity index (χ2n) is 5.73. The molecule has 3 rings (SSSR count). The van der Waals surface area contributed by atoms with Crippen LogP contribution in [0.3, 0.4) is 0 Å². The van der Waals surface area contributed by atoms with Crippen molar-refractivity contribution in [1.82, 2.24) is 0 Å². The van der Waals surface area contributed by atoms with Crippen molar-refractivity contribution in [1.29, 1.82) is 0 Å². The van der Waals surface area contributed by atoms with E-state index in [2.05, 4.69) is 20.8 Å². The first kappa shape index (κ1) is 8.72. The monoisotopic (exact) mass is 196 g/mol. The molecule has 1 spiro atoms. The molecule has 1 heteroatoms. The summed E-state index contributed by atoms with van der Waals surface area (Å²) in [6.07, 6.45) is 9.27. The quantitative estimate of drug-likeness (QED) is 0.556. The third-order valence-electron chi connectivity index (χ3n) is 5.88. The zero-order valence-electron chi connectivity index (χ0n) is 9.19. The molecule has 0 bridgehead atoms. The van der Waals surface area contributed by atoms with Crippen LogP contribution in [0.4, 0.5) is 0 Å². The third kappa shape index (κ3) is 0.601. The van der Waals surface area contributed by atoms with Crippen LogP contribution in [0, 0.1) is 5.41 Å². The van der Waals surface area contributed by atoms with Gasteiger partial charge in [-0.25, -0.2) is 0 Å². The summed E-state index contributed by atoms with van der Waals surface area (Å²) in [6.45, 7) is 7.66. The number of rotatable bonds is 1. The molecular weight excluding hydrogens is 175 g/mol. The molecule has 0 aromatic rings. The van der Waals surface area contributed by atoms with Crippen LogP contribution < -0.4 is 0 Å². The Bertz CT molecular complexity index is 262. The molecule has 74 valence electrons. The largest absolute Gasteiger partial charge is 0.0936 e. The standard InChI is InChI=1S/C12H21P/c1-4-13-10(2)6-5-7-12(10)9-8-11(12,13)3/h4-9H2,1-3H3. The Labute approximate surface area is 83.2 Å². The van der Waals surface area contributed by atoms with Crippen LogP contribution in [-0.4, -0.2) is 16.5 Å². The predicted molar refractivity (Wildman–Crippen MR) is 59.8 cm³/mol. The van der Waals surface area contributed by atoms with Crippen molar-refractivity contribution < 1.29 is 0 Å². The van der Waals surface area contributed by atoms with Gasteiger partial charge in [-0.15, -0.1) is 0 Å². The Kier molecular flexibility index (Phi) is 1.45. The molecular formula is C12H21P. The summed E-state index contributed by atoms with van der Waals surface area (Å²) < 4.78 is 0. The molecule has 0 N–H and O–H groups in total. The SMILES string of the molecule is CCP1C2(C)CCCC23CCC13C. The highest BCUT2D eigenvalue weighted by atomic mass is 31.1. The van der Waals surface area contributed by atoms with E-state index in [9.17, 15) is 0 Å². The minimum absolute atomic E-state index is 0.377. The number of hydrogen-bond acceptors (Lipinski definition) is 0. The van der Waals surface area contributed by atoms with E-state index in [1.807, 2.05) is 0 Å². The van der Waals surface area contributed by atoms with Gasteiger partial charge in [-0.2, -0.15) is 0 Å². The van der Waals surface area contributed by atoms with E-state index in [1.165, 1.54) is 12.6 Å². The lowest BCUT2D eigenvalue weighted by Gasteiger charge is -2.80. The summed E-state index contributed by atoms with van der Waals surface area (Å²) in [7, 11) is 0.377. The van der Waals surface area contributed by atoms with Gasteiger partial charge >= 0.3 is 0 Å². The molecule has 13 heavy (non-hydrogen) atoms. The molecule has 4 unspecified atom stereocenters. The maximum atomic E-state index is 2.62. The van der Waals surface area contributed by atoms with Gasteiger partial charge in [0.1, 0.15) is 0 Å². The van der Waals surface area contributed by atoms with Crippen molar-refractivity contribution >= 4 is 7.92 Å². The van der Waals surface area contributed by atoms with Gasteiger partial charge in [0, 0.05) is 0 Å². The highest BCUT2D eigenvalue weighted by molar-refractivity contribution is 7.63. The van der Waals surface area contributed by atoms with Gasteiger partial charge in [0.25, 0.3) is 0 Å². The first-order valence-corrected chi connectivity index (χ1v) is 7.41. The Balaban J connectivity index is 2.03. The summed E-state index contributed by atoms with van der Waals surface area (Å²) in [5.41, 5.74) is 0.849. The van der Waals surface area contributed by atoms with Crippen molar-refractivity contribution in [3.8, 4) is 0 Å². The van der Waals surface area contributed by atoms with Crippen molar-refractivity contribution in [3.63, 3.8) is 0 Å². The van der Waals surface area contributed by atoms with Crippen molar-refractivity contribution in [2.75, 3.05) is 6.16 Å². The number of hydrogen-bond donors (Lipinski definition) is 0. The van der Waals surface area contributed by atoms with Gasteiger partial charge in [-0.05, 0) is 47.6 Å². The predicted octanol–water partition coefficient (Wildman–Crippen LogP) is 3.98. The molecule has 3 fully saturated rings. The fourth-order valence-electron chi connectivity index (χ4n) is 5.25. The lowest BCUT2D eigenvalue weighted by atomic mass is 9.53. The fourth-order valence-corrected chi connectivity index (χ4v) is 10.4. The van der Waals surface area contributed by atoms with E-state index in [4.69, 9.17) is 0 Å². The maximum absolute atomic E-state index is 2.62. The topological polar surface area (TPSA) is 0 Å². The average molecular weight is 196 g/mol. The smallest absolute Gasteiger partial charge is 0.00525 e. The average Bonchev–Trinajstić information content (AvgIpc) is 2.43. The summed E-state index contributed by atoms with van der Waals surface area (Å²) in [5.74, 6) is 0. The lowest BCUT2D eigenvalue weighted by Crippen LogP contribution is -2.72. The molecule has 2 aliphatic carbocycles. The fraction of sp³-hybridized carbons (Fsp3) is 1.00. The van der Waals surface area contributed by atoms with Gasteiger partial charge in [-0.3, -0.25) is 0 Å². The van der Waals surface area contributed by atoms with Crippen molar-refractivity contribution in [3.05, 3.63) is 0 Å². The zero-order valence-corrected chi connectivity index (χ0v) is 10.1. The molecule has 3 aliphatic rings. The van der Waals surface area contributed by atoms with Crippen LogP contribution in [0.2, 0.25) is 0 Å². The molecule has 0 aromatic heterocycles. The van der Waals surface area contributed by atoms with E-state index < -0.39 is 0 Å². The van der Waals surface area contributed by atoms with Crippen LogP contribution in [-0.2, 0) is 0 Å². The summed E-state index contributed by atoms with van der Waals surface area (Å²) in [6, 6.07) is 0. The molecule has 0 amide bonds. The Morgan fingerprint density at radius 2 is 1.69 bits per heavy atom. The second kappa shape index (κ2) is 2.16. The minimum atomic E-state index is 0.377. The van der Waals surface area contributed by atoms with E-state index >= 15 is 0 Å². The maximum Gasteiger partial charge on any atom is -0.00525 e. The Hall–Kier alpha value is 0.430.